The topological polar surface area (TPSA) is 9.23 Å². The summed E-state index contributed by atoms with van der Waals surface area (Å²) in [5.41, 5.74) is 0.180. The third-order valence-corrected chi connectivity index (χ3v) is 5.03. The van der Waals surface area contributed by atoms with Gasteiger partial charge in [-0.2, -0.15) is 0 Å². The Morgan fingerprint density at radius 3 is 2.60 bits per heavy atom. The molecule has 0 N–H and O–H groups in total. The van der Waals surface area contributed by atoms with Gasteiger partial charge in [0.2, 0.25) is 0 Å². The Balaban J connectivity index is 2.08. The Morgan fingerprint density at radius 2 is 2.07 bits per heavy atom. The summed E-state index contributed by atoms with van der Waals surface area (Å²) < 4.78 is 5.90. The van der Waals surface area contributed by atoms with Crippen molar-refractivity contribution in [3.05, 3.63) is 29.3 Å². The lowest BCUT2D eigenvalue weighted by molar-refractivity contribution is -0.00772. The van der Waals surface area contributed by atoms with Crippen LogP contribution in [0.1, 0.15) is 20.3 Å². The number of halogens is 2. The summed E-state index contributed by atoms with van der Waals surface area (Å²) in [7, 11) is 0. The maximum atomic E-state index is 6.04. The van der Waals surface area contributed by atoms with Crippen LogP contribution in [0, 0.1) is 5.41 Å². The molecule has 3 heteroatoms. The Bertz CT molecular complexity index is 364. The lowest BCUT2D eigenvalue weighted by Gasteiger charge is -2.48. The van der Waals surface area contributed by atoms with Crippen molar-refractivity contribution < 1.29 is 4.74 Å². The van der Waals surface area contributed by atoms with Crippen LogP contribution in [0.3, 0.4) is 0 Å². The van der Waals surface area contributed by atoms with Crippen molar-refractivity contribution in [1.29, 1.82) is 0 Å². The number of hydrogen-bond acceptors (Lipinski definition) is 1. The van der Waals surface area contributed by atoms with E-state index in [1.54, 1.807) is 0 Å². The normalized spacial score (nSPS) is 28.3. The molecule has 1 aromatic carbocycles. The summed E-state index contributed by atoms with van der Waals surface area (Å²) in [5.74, 6) is 0.789. The number of hydrogen-bond donors (Lipinski definition) is 0. The molecule has 82 valence electrons. The smallest absolute Gasteiger partial charge is 0.138 e. The lowest BCUT2D eigenvalue weighted by atomic mass is 9.69. The maximum absolute atomic E-state index is 6.04. The third-order valence-electron chi connectivity index (χ3n) is 3.16. The van der Waals surface area contributed by atoms with Gasteiger partial charge < -0.3 is 4.74 Å². The number of ether oxygens (including phenoxy) is 1. The molecule has 15 heavy (non-hydrogen) atoms. The first kappa shape index (κ1) is 11.3. The van der Waals surface area contributed by atoms with Gasteiger partial charge in [-0.25, -0.2) is 0 Å². The van der Waals surface area contributed by atoms with E-state index in [0.29, 0.717) is 9.85 Å². The van der Waals surface area contributed by atoms with Crippen LogP contribution in [0.4, 0.5) is 0 Å². The van der Waals surface area contributed by atoms with E-state index in [0.717, 1.165) is 12.2 Å². The molecule has 0 aromatic heterocycles. The molecule has 0 bridgehead atoms. The zero-order valence-corrected chi connectivity index (χ0v) is 11.2. The summed E-state index contributed by atoms with van der Waals surface area (Å²) >= 11 is 9.68. The lowest BCUT2D eigenvalue weighted by Crippen LogP contribution is -2.53. The van der Waals surface area contributed by atoms with Crippen molar-refractivity contribution in [3.63, 3.8) is 0 Å². The van der Waals surface area contributed by atoms with Crippen molar-refractivity contribution in [3.8, 4) is 5.75 Å². The van der Waals surface area contributed by atoms with Gasteiger partial charge in [0.15, 0.2) is 0 Å². The second-order valence-electron chi connectivity index (χ2n) is 4.56. The van der Waals surface area contributed by atoms with Gasteiger partial charge in [-0.05, 0) is 18.6 Å². The maximum Gasteiger partial charge on any atom is 0.138 e. The fourth-order valence-electron chi connectivity index (χ4n) is 1.73. The number of benzene rings is 1. The minimum Gasteiger partial charge on any atom is -0.488 e. The van der Waals surface area contributed by atoms with Crippen molar-refractivity contribution in [2.75, 3.05) is 0 Å². The second-order valence-corrected chi connectivity index (χ2v) is 6.07. The van der Waals surface area contributed by atoms with E-state index < -0.39 is 0 Å². The second kappa shape index (κ2) is 3.99. The fourth-order valence-corrected chi connectivity index (χ4v) is 2.54. The van der Waals surface area contributed by atoms with Gasteiger partial charge in [-0.15, -0.1) is 0 Å². The zero-order valence-electron chi connectivity index (χ0n) is 8.84. The molecule has 1 nitrogen and oxygen atoms in total. The van der Waals surface area contributed by atoms with Crippen molar-refractivity contribution in [1.82, 2.24) is 0 Å². The molecule has 2 atom stereocenters. The molecule has 2 unspecified atom stereocenters. The molecule has 0 radical (unpaired) electrons. The zero-order chi connectivity index (χ0) is 11.1. The average molecular weight is 290 g/mol. The van der Waals surface area contributed by atoms with Crippen molar-refractivity contribution in [2.24, 2.45) is 5.41 Å². The molecule has 0 amide bonds. The van der Waals surface area contributed by atoms with Crippen molar-refractivity contribution >= 4 is 27.5 Å². The molecule has 1 aliphatic carbocycles. The molecule has 1 fully saturated rings. The summed E-state index contributed by atoms with van der Waals surface area (Å²) in [5, 5.41) is 0.686. The summed E-state index contributed by atoms with van der Waals surface area (Å²) in [6.45, 7) is 4.41. The highest BCUT2D eigenvalue weighted by Gasteiger charge is 2.48. The number of rotatable bonds is 2. The van der Waals surface area contributed by atoms with Crippen LogP contribution in [0.2, 0.25) is 5.02 Å². The first-order valence-electron chi connectivity index (χ1n) is 5.07. The monoisotopic (exact) mass is 288 g/mol. The van der Waals surface area contributed by atoms with Crippen LogP contribution >= 0.6 is 27.5 Å². The van der Waals surface area contributed by atoms with Crippen molar-refractivity contribution in [2.45, 2.75) is 31.2 Å². The van der Waals surface area contributed by atoms with E-state index in [-0.39, 0.29) is 11.5 Å². The fraction of sp³-hybridized carbons (Fsp3) is 0.500. The van der Waals surface area contributed by atoms with Gasteiger partial charge in [0.1, 0.15) is 11.9 Å². The Hall–Kier alpha value is -0.210. The molecular formula is C12H14BrClO. The van der Waals surface area contributed by atoms with Gasteiger partial charge in [0.05, 0.1) is 5.02 Å². The first-order chi connectivity index (χ1) is 7.01. The van der Waals surface area contributed by atoms with E-state index in [1.165, 1.54) is 0 Å². The Labute approximate surface area is 104 Å². The Kier molecular flexibility index (Phi) is 3.00. The van der Waals surface area contributed by atoms with Gasteiger partial charge in [0, 0.05) is 10.2 Å². The van der Waals surface area contributed by atoms with Crippen LogP contribution < -0.4 is 4.74 Å². The molecule has 0 aliphatic heterocycles. The van der Waals surface area contributed by atoms with Crippen LogP contribution in [0.5, 0.6) is 5.75 Å². The number of alkyl halides is 1. The SMILES string of the molecule is CC1(C)C(Br)CC1Oc1ccccc1Cl. The highest BCUT2D eigenvalue weighted by Crippen LogP contribution is 2.47. The number of para-hydroxylation sites is 1. The standard InChI is InChI=1S/C12H14BrClO/c1-12(2)10(13)7-11(12)15-9-6-4-3-5-8(9)14/h3-6,10-11H,7H2,1-2H3. The minimum atomic E-state index is 0.180. The molecule has 1 aromatic rings. The predicted octanol–water partition coefficient (Wildman–Crippen LogP) is 4.28. The molecule has 0 spiro atoms. The average Bonchev–Trinajstić information content (AvgIpc) is 2.20. The molecule has 1 aliphatic rings. The quantitative estimate of drug-likeness (QED) is 0.738. The highest BCUT2D eigenvalue weighted by molar-refractivity contribution is 9.09. The molecule has 2 rings (SSSR count). The van der Waals surface area contributed by atoms with E-state index in [1.807, 2.05) is 24.3 Å². The third kappa shape index (κ3) is 2.02. The van der Waals surface area contributed by atoms with E-state index >= 15 is 0 Å². The largest absolute Gasteiger partial charge is 0.488 e. The van der Waals surface area contributed by atoms with Crippen LogP contribution in [-0.2, 0) is 0 Å². The van der Waals surface area contributed by atoms with E-state index in [9.17, 15) is 0 Å². The summed E-state index contributed by atoms with van der Waals surface area (Å²) in [4.78, 5) is 0.539. The van der Waals surface area contributed by atoms with Crippen LogP contribution in [0.25, 0.3) is 0 Å². The highest BCUT2D eigenvalue weighted by atomic mass is 79.9. The molecule has 0 heterocycles. The molecular weight excluding hydrogens is 275 g/mol. The Morgan fingerprint density at radius 1 is 1.40 bits per heavy atom. The molecule has 1 saturated carbocycles. The minimum absolute atomic E-state index is 0.180. The van der Waals surface area contributed by atoms with E-state index in [2.05, 4.69) is 29.8 Å². The van der Waals surface area contributed by atoms with Crippen LogP contribution in [-0.4, -0.2) is 10.9 Å². The van der Waals surface area contributed by atoms with Crippen LogP contribution in [0.15, 0.2) is 24.3 Å². The summed E-state index contributed by atoms with van der Waals surface area (Å²) in [6, 6.07) is 7.63. The van der Waals surface area contributed by atoms with Gasteiger partial charge in [-0.1, -0.05) is 53.5 Å². The van der Waals surface area contributed by atoms with Gasteiger partial charge >= 0.3 is 0 Å². The van der Waals surface area contributed by atoms with Gasteiger partial charge in [0.25, 0.3) is 0 Å². The molecule has 0 saturated heterocycles. The summed E-state index contributed by atoms with van der Waals surface area (Å²) in [6.07, 6.45) is 1.29. The van der Waals surface area contributed by atoms with E-state index in [4.69, 9.17) is 16.3 Å². The first-order valence-corrected chi connectivity index (χ1v) is 6.36. The van der Waals surface area contributed by atoms with Gasteiger partial charge in [-0.3, -0.25) is 0 Å². The predicted molar refractivity (Wildman–Crippen MR) is 67.0 cm³/mol.